The molecule has 0 aliphatic carbocycles. The zero-order valence-electron chi connectivity index (χ0n) is 13.7. The van der Waals surface area contributed by atoms with Crippen molar-refractivity contribution in [3.8, 4) is 11.5 Å². The van der Waals surface area contributed by atoms with Crippen LogP contribution in [-0.2, 0) is 4.79 Å². The van der Waals surface area contributed by atoms with E-state index in [4.69, 9.17) is 9.47 Å². The van der Waals surface area contributed by atoms with Crippen LogP contribution in [-0.4, -0.2) is 38.8 Å². The summed E-state index contributed by atoms with van der Waals surface area (Å²) in [4.78, 5) is 16.8. The molecule has 1 amide bonds. The van der Waals surface area contributed by atoms with Gasteiger partial charge in [-0.05, 0) is 31.2 Å². The molecule has 0 saturated heterocycles. The van der Waals surface area contributed by atoms with Gasteiger partial charge in [-0.3, -0.25) is 4.79 Å². The molecule has 0 fully saturated rings. The van der Waals surface area contributed by atoms with Crippen LogP contribution in [0, 0.1) is 6.92 Å². The van der Waals surface area contributed by atoms with Gasteiger partial charge in [0.2, 0.25) is 0 Å². The molecule has 4 rings (SSSR count). The van der Waals surface area contributed by atoms with Crippen molar-refractivity contribution in [1.82, 2.24) is 0 Å². The minimum atomic E-state index is -0.0331. The molecule has 0 bridgehead atoms. The molecule has 24 heavy (non-hydrogen) atoms. The Kier molecular flexibility index (Phi) is 3.76. The Morgan fingerprint density at radius 1 is 1.12 bits per heavy atom. The van der Waals surface area contributed by atoms with Crippen LogP contribution in [0.1, 0.15) is 5.56 Å². The summed E-state index contributed by atoms with van der Waals surface area (Å²) in [6.45, 7) is 5.12. The second-order valence-corrected chi connectivity index (χ2v) is 6.11. The van der Waals surface area contributed by atoms with E-state index in [1.807, 2.05) is 49.4 Å². The van der Waals surface area contributed by atoms with Crippen molar-refractivity contribution in [3.05, 3.63) is 48.0 Å². The van der Waals surface area contributed by atoms with Gasteiger partial charge in [0.1, 0.15) is 23.8 Å². The fraction of sp³-hybridized carbons (Fsp3) is 0.316. The minimum Gasteiger partial charge on any atom is -0.489 e. The van der Waals surface area contributed by atoms with E-state index in [1.165, 1.54) is 5.56 Å². The lowest BCUT2D eigenvalue weighted by atomic mass is 10.1. The van der Waals surface area contributed by atoms with Crippen molar-refractivity contribution in [3.63, 3.8) is 0 Å². The van der Waals surface area contributed by atoms with Crippen LogP contribution in [0.3, 0.4) is 0 Å². The molecule has 2 aliphatic heterocycles. The van der Waals surface area contributed by atoms with Gasteiger partial charge in [0.05, 0.1) is 12.2 Å². The third kappa shape index (κ3) is 2.66. The van der Waals surface area contributed by atoms with Gasteiger partial charge < -0.3 is 19.3 Å². The monoisotopic (exact) mass is 324 g/mol. The highest BCUT2D eigenvalue weighted by Crippen LogP contribution is 2.42. The number of hydrogen-bond acceptors (Lipinski definition) is 4. The summed E-state index contributed by atoms with van der Waals surface area (Å²) >= 11 is 0. The lowest BCUT2D eigenvalue weighted by molar-refractivity contribution is -0.120. The second-order valence-electron chi connectivity index (χ2n) is 6.11. The molecule has 2 aliphatic rings. The van der Waals surface area contributed by atoms with Gasteiger partial charge >= 0.3 is 0 Å². The standard InChI is InChI=1S/C19H20N2O3/c1-14-5-7-15(8-6-14)24-13-18(22)21-10-9-20-11-12-23-17-4-2-3-16(21)19(17)20/h2-8H,9-13H2,1H3. The van der Waals surface area contributed by atoms with Gasteiger partial charge in [-0.1, -0.05) is 23.8 Å². The number of hydrogen-bond donors (Lipinski definition) is 0. The molecule has 0 spiro atoms. The van der Waals surface area contributed by atoms with Crippen LogP contribution >= 0.6 is 0 Å². The highest BCUT2D eigenvalue weighted by atomic mass is 16.5. The molecule has 2 aromatic rings. The number of amides is 1. The summed E-state index contributed by atoms with van der Waals surface area (Å²) in [7, 11) is 0. The molecular weight excluding hydrogens is 304 g/mol. The van der Waals surface area contributed by atoms with Gasteiger partial charge in [0.25, 0.3) is 5.91 Å². The fourth-order valence-electron chi connectivity index (χ4n) is 3.22. The molecule has 0 unspecified atom stereocenters. The molecule has 2 heterocycles. The first-order chi connectivity index (χ1) is 11.7. The van der Waals surface area contributed by atoms with E-state index in [2.05, 4.69) is 4.90 Å². The van der Waals surface area contributed by atoms with Crippen molar-refractivity contribution in [2.45, 2.75) is 6.92 Å². The molecule has 0 saturated carbocycles. The van der Waals surface area contributed by atoms with Crippen LogP contribution in [0.5, 0.6) is 11.5 Å². The average molecular weight is 324 g/mol. The third-order valence-electron chi connectivity index (χ3n) is 4.48. The van der Waals surface area contributed by atoms with Crippen LogP contribution in [0.25, 0.3) is 0 Å². The van der Waals surface area contributed by atoms with Crippen molar-refractivity contribution in [2.24, 2.45) is 0 Å². The summed E-state index contributed by atoms with van der Waals surface area (Å²) in [6, 6.07) is 13.6. The number of benzene rings is 2. The Bertz CT molecular complexity index is 758. The Labute approximate surface area is 141 Å². The summed E-state index contributed by atoms with van der Waals surface area (Å²) in [5.41, 5.74) is 3.11. The molecule has 2 aromatic carbocycles. The van der Waals surface area contributed by atoms with E-state index in [-0.39, 0.29) is 12.5 Å². The number of nitrogens with zero attached hydrogens (tertiary/aromatic N) is 2. The van der Waals surface area contributed by atoms with E-state index in [0.29, 0.717) is 18.9 Å². The van der Waals surface area contributed by atoms with Gasteiger partial charge in [-0.15, -0.1) is 0 Å². The van der Waals surface area contributed by atoms with E-state index >= 15 is 0 Å². The van der Waals surface area contributed by atoms with Crippen molar-refractivity contribution in [1.29, 1.82) is 0 Å². The van der Waals surface area contributed by atoms with E-state index in [0.717, 1.165) is 30.2 Å². The lowest BCUT2D eigenvalue weighted by Crippen LogP contribution is -2.48. The van der Waals surface area contributed by atoms with Crippen LogP contribution in [0.4, 0.5) is 11.4 Å². The van der Waals surface area contributed by atoms with E-state index in [1.54, 1.807) is 4.90 Å². The number of ether oxygens (including phenoxy) is 2. The van der Waals surface area contributed by atoms with Crippen LogP contribution in [0.15, 0.2) is 42.5 Å². The maximum Gasteiger partial charge on any atom is 0.265 e. The summed E-state index contributed by atoms with van der Waals surface area (Å²) in [6.07, 6.45) is 0. The van der Waals surface area contributed by atoms with E-state index in [9.17, 15) is 4.79 Å². The minimum absolute atomic E-state index is 0.0331. The molecule has 0 N–H and O–H groups in total. The SMILES string of the molecule is Cc1ccc(OCC(=O)N2CCN3CCOc4cccc2c43)cc1. The van der Waals surface area contributed by atoms with Crippen LogP contribution < -0.4 is 19.3 Å². The first kappa shape index (κ1) is 14.9. The number of anilines is 2. The molecule has 5 nitrogen and oxygen atoms in total. The van der Waals surface area contributed by atoms with Crippen LogP contribution in [0.2, 0.25) is 0 Å². The quantitative estimate of drug-likeness (QED) is 0.870. The predicted octanol–water partition coefficient (Wildman–Crippen LogP) is 2.62. The number of carbonyl (C=O) groups is 1. The number of aryl methyl sites for hydroxylation is 1. The average Bonchev–Trinajstić information content (AvgIpc) is 2.62. The first-order valence-corrected chi connectivity index (χ1v) is 8.23. The Balaban J connectivity index is 1.52. The highest BCUT2D eigenvalue weighted by molar-refractivity contribution is 6.00. The number of carbonyl (C=O) groups excluding carboxylic acids is 1. The molecular formula is C19H20N2O3. The maximum absolute atomic E-state index is 12.7. The number of para-hydroxylation sites is 1. The zero-order valence-corrected chi connectivity index (χ0v) is 13.7. The topological polar surface area (TPSA) is 42.0 Å². The van der Waals surface area contributed by atoms with Crippen molar-refractivity contribution in [2.75, 3.05) is 42.6 Å². The second kappa shape index (κ2) is 6.07. The van der Waals surface area contributed by atoms with E-state index < -0.39 is 0 Å². The normalized spacial score (nSPS) is 15.5. The van der Waals surface area contributed by atoms with Crippen molar-refractivity contribution >= 4 is 17.3 Å². The van der Waals surface area contributed by atoms with Gasteiger partial charge in [-0.25, -0.2) is 0 Å². The molecule has 0 aromatic heterocycles. The lowest BCUT2D eigenvalue weighted by Gasteiger charge is -2.40. The zero-order chi connectivity index (χ0) is 16.5. The predicted molar refractivity (Wildman–Crippen MR) is 93.2 cm³/mol. The van der Waals surface area contributed by atoms with Gasteiger partial charge in [0.15, 0.2) is 6.61 Å². The Hall–Kier alpha value is -2.69. The third-order valence-corrected chi connectivity index (χ3v) is 4.48. The summed E-state index contributed by atoms with van der Waals surface area (Å²) in [5.74, 6) is 1.54. The smallest absolute Gasteiger partial charge is 0.265 e. The molecule has 0 radical (unpaired) electrons. The van der Waals surface area contributed by atoms with Gasteiger partial charge in [0, 0.05) is 13.1 Å². The highest BCUT2D eigenvalue weighted by Gasteiger charge is 2.31. The van der Waals surface area contributed by atoms with Crippen molar-refractivity contribution < 1.29 is 14.3 Å². The van der Waals surface area contributed by atoms with Gasteiger partial charge in [-0.2, -0.15) is 0 Å². The first-order valence-electron chi connectivity index (χ1n) is 8.23. The molecule has 0 atom stereocenters. The molecule has 124 valence electrons. The molecule has 5 heteroatoms. The largest absolute Gasteiger partial charge is 0.489 e. The Morgan fingerprint density at radius 2 is 1.96 bits per heavy atom. The Morgan fingerprint density at radius 3 is 2.79 bits per heavy atom. The summed E-state index contributed by atoms with van der Waals surface area (Å²) < 4.78 is 11.4. The summed E-state index contributed by atoms with van der Waals surface area (Å²) in [5, 5.41) is 0. The maximum atomic E-state index is 12.7. The number of rotatable bonds is 3. The fourth-order valence-corrected chi connectivity index (χ4v) is 3.22.